The monoisotopic (exact) mass is 1080 g/mol. The third-order valence-electron chi connectivity index (χ3n) is 11.9. The second-order valence-corrected chi connectivity index (χ2v) is 15.7. The quantitative estimate of drug-likeness (QED) is 0.107. The van der Waals surface area contributed by atoms with Crippen molar-refractivity contribution in [2.75, 3.05) is 0 Å². The van der Waals surface area contributed by atoms with Crippen LogP contribution >= 0.6 is 0 Å². The minimum absolute atomic E-state index is 0. The van der Waals surface area contributed by atoms with Crippen molar-refractivity contribution < 1.29 is 55.0 Å². The minimum Gasteiger partial charge on any atom is -0.510 e. The first kappa shape index (κ1) is 26.9. The Morgan fingerprint density at radius 2 is 1.22 bits per heavy atom. The van der Waals surface area contributed by atoms with E-state index in [2.05, 4.69) is 18.5 Å². The van der Waals surface area contributed by atoms with Gasteiger partial charge in [0, 0.05) is 55.1 Å². The molecule has 0 unspecified atom stereocenters. The Balaban J connectivity index is 0.00000739. The molecule has 0 bridgehead atoms. The van der Waals surface area contributed by atoms with Crippen LogP contribution in [0.5, 0.6) is 11.5 Å². The van der Waals surface area contributed by atoms with Crippen LogP contribution in [0.4, 0.5) is 0 Å². The summed E-state index contributed by atoms with van der Waals surface area (Å²) in [6.07, 6.45) is 5.72. The van der Waals surface area contributed by atoms with Gasteiger partial charge in [-0.2, -0.15) is 12.1 Å². The van der Waals surface area contributed by atoms with Crippen molar-refractivity contribution in [2.45, 2.75) is 13.3 Å². The number of para-hydroxylation sites is 6. The fourth-order valence-electron chi connectivity index (χ4n) is 9.01. The van der Waals surface area contributed by atoms with Crippen LogP contribution in [0.1, 0.15) is 37.2 Å². The number of aryl methyl sites for hydroxylation is 1. The van der Waals surface area contributed by atoms with Gasteiger partial charge >= 0.3 is 0 Å². The molecule has 0 amide bonds. The zero-order valence-corrected chi connectivity index (χ0v) is 38.3. The molecule has 0 atom stereocenters. The Bertz CT molecular complexity index is 4930. The molecular weight excluding hydrogens is 1030 g/mol. The summed E-state index contributed by atoms with van der Waals surface area (Å²) >= 11 is 0. The van der Waals surface area contributed by atoms with Gasteiger partial charge in [-0.25, -0.2) is 4.98 Å². The number of nitrogens with zero attached hydrogens (tertiary/aromatic N) is 5. The largest absolute Gasteiger partial charge is 0.510 e. The van der Waals surface area contributed by atoms with E-state index in [0.29, 0.717) is 50.8 Å². The van der Waals surface area contributed by atoms with E-state index < -0.39 is 109 Å². The summed E-state index contributed by atoms with van der Waals surface area (Å²) in [6.45, 7) is 2.01. The SMILES string of the molecule is [2H]c1c([2H])c([2H])c(-c2cccc(-c3c([2H])c([2H])c([2H])c([2H])c3[2H])c2-[n+]2[c-]n(-c3[c-]c(Oc4[c-]c5c(c(-n6c7c([2H])c([2H])c([2H])c([2H])c7c7c([2H])c([2H])c([2H])c([2H])c76)c4)c4ccccc4n5-c4cc(CC)ccn4)ccc3)c3ccccc32)c([2H])c1[2H].[Pt]. The molecular formula is C62H41N5OPt-2. The van der Waals surface area contributed by atoms with Crippen molar-refractivity contribution in [2.24, 2.45) is 0 Å². The first-order chi connectivity index (χ1) is 41.2. The number of aromatic nitrogens is 5. The van der Waals surface area contributed by atoms with Gasteiger partial charge in [0.25, 0.3) is 6.33 Å². The first-order valence-electron chi connectivity index (χ1n) is 30.6. The molecule has 0 saturated carbocycles. The summed E-state index contributed by atoms with van der Waals surface area (Å²) in [4.78, 5) is 4.80. The van der Waals surface area contributed by atoms with Gasteiger partial charge in [-0.3, -0.25) is 4.57 Å². The molecule has 9 aromatic carbocycles. The van der Waals surface area contributed by atoms with Crippen molar-refractivity contribution in [3.05, 3.63) is 242 Å². The van der Waals surface area contributed by atoms with Gasteiger partial charge in [0.05, 0.1) is 52.4 Å². The molecule has 0 aliphatic heterocycles. The van der Waals surface area contributed by atoms with Crippen LogP contribution in [0, 0.1) is 18.5 Å². The second-order valence-electron chi connectivity index (χ2n) is 15.7. The number of benzene rings is 9. The average molecular weight is 1090 g/mol. The molecule has 4 heterocycles. The molecule has 0 spiro atoms. The molecule has 13 rings (SSSR count). The van der Waals surface area contributed by atoms with Crippen LogP contribution in [0.15, 0.2) is 218 Å². The summed E-state index contributed by atoms with van der Waals surface area (Å²) in [7, 11) is 0. The minimum atomic E-state index is -0.631. The van der Waals surface area contributed by atoms with E-state index in [1.54, 1.807) is 59.3 Å². The molecule has 332 valence electrons. The molecule has 0 aliphatic rings. The molecule has 69 heavy (non-hydrogen) atoms. The van der Waals surface area contributed by atoms with Crippen LogP contribution in [-0.2, 0) is 27.5 Å². The van der Waals surface area contributed by atoms with Crippen molar-refractivity contribution >= 4 is 54.6 Å². The van der Waals surface area contributed by atoms with Gasteiger partial charge in [-0.15, -0.1) is 24.3 Å². The van der Waals surface area contributed by atoms with Crippen LogP contribution < -0.4 is 9.30 Å². The van der Waals surface area contributed by atoms with Crippen LogP contribution in [0.25, 0.3) is 99.8 Å². The average Bonchev–Trinajstić information content (AvgIpc) is 1.84. The maximum Gasteiger partial charge on any atom is 0.268 e. The van der Waals surface area contributed by atoms with Crippen molar-refractivity contribution in [1.29, 1.82) is 0 Å². The molecule has 6 nitrogen and oxygen atoms in total. The zero-order chi connectivity index (χ0) is 60.8. The van der Waals surface area contributed by atoms with Gasteiger partial charge in [0.1, 0.15) is 5.82 Å². The van der Waals surface area contributed by atoms with Gasteiger partial charge in [-0.05, 0) is 81.3 Å². The number of pyridine rings is 1. The number of imidazole rings is 1. The summed E-state index contributed by atoms with van der Waals surface area (Å²) in [5.41, 5.74) is 2.93. The third kappa shape index (κ3) is 7.06. The smallest absolute Gasteiger partial charge is 0.268 e. The van der Waals surface area contributed by atoms with Crippen molar-refractivity contribution in [3.63, 3.8) is 0 Å². The van der Waals surface area contributed by atoms with Crippen LogP contribution in [0.3, 0.4) is 0 Å². The third-order valence-corrected chi connectivity index (χ3v) is 11.9. The number of fused-ring (bicyclic) bond motifs is 7. The molecule has 0 radical (unpaired) electrons. The molecule has 4 aromatic heterocycles. The standard InChI is InChI=1S/C62H41N5O.Pt/c1-2-42-35-36-63-60(37-42)67-55-32-14-11-27-52(55)61-58(66-53-30-12-9-25-50(53)51-26-10-13-31-54(51)66)39-47(40-59(61)67)68-46-24-17-23-45(38-46)64-41-65(57-34-16-15-33-56(57)64)62-48(43-19-5-3-6-20-43)28-18-29-49(62)44-21-7-4-8-22-44;/h3-37,39H,2H2,1H3;/q-2;/i3D,4D,5D,6D,7D,8D,9D,10D,12D,13D,19D,20D,21D,22D,25D,26D,30D,31D;. The molecule has 0 N–H and O–H groups in total. The molecule has 7 heteroatoms. The Morgan fingerprint density at radius 3 is 1.93 bits per heavy atom. The number of rotatable bonds is 9. The van der Waals surface area contributed by atoms with E-state index >= 15 is 0 Å². The topological polar surface area (TPSA) is 40.8 Å². The Labute approximate surface area is 439 Å². The van der Waals surface area contributed by atoms with Gasteiger partial charge < -0.3 is 18.4 Å². The van der Waals surface area contributed by atoms with E-state index in [0.717, 1.165) is 5.56 Å². The summed E-state index contributed by atoms with van der Waals surface area (Å²) in [5.74, 6) is 0.627. The van der Waals surface area contributed by atoms with E-state index in [1.165, 1.54) is 27.3 Å². The fraction of sp³-hybridized carbons (Fsp3) is 0.0323. The molecule has 0 aliphatic carbocycles. The molecule has 0 fully saturated rings. The maximum absolute atomic E-state index is 9.43. The van der Waals surface area contributed by atoms with Gasteiger partial charge in [0.15, 0.2) is 0 Å². The fourth-order valence-corrected chi connectivity index (χ4v) is 9.01. The van der Waals surface area contributed by atoms with Crippen molar-refractivity contribution in [3.8, 4) is 56.6 Å². The van der Waals surface area contributed by atoms with Crippen molar-refractivity contribution in [1.82, 2.24) is 18.7 Å². The Kier molecular flexibility index (Phi) is 6.78. The summed E-state index contributed by atoms with van der Waals surface area (Å²) < 4.78 is 174. The number of ether oxygens (including phenoxy) is 1. The van der Waals surface area contributed by atoms with Gasteiger partial charge in [-0.1, -0.05) is 175 Å². The first-order valence-corrected chi connectivity index (χ1v) is 21.6. The number of hydrogen-bond acceptors (Lipinski definition) is 2. The molecule has 0 saturated heterocycles. The normalized spacial score (nSPS) is 15.1. The predicted molar refractivity (Wildman–Crippen MR) is 275 cm³/mol. The maximum atomic E-state index is 9.43. The number of hydrogen-bond donors (Lipinski definition) is 0. The second kappa shape index (κ2) is 17.4. The Morgan fingerprint density at radius 1 is 0.580 bits per heavy atom. The van der Waals surface area contributed by atoms with Crippen LogP contribution in [0.2, 0.25) is 0 Å². The Hall–Kier alpha value is -8.31. The van der Waals surface area contributed by atoms with E-state index in [4.69, 9.17) is 28.9 Å². The predicted octanol–water partition coefficient (Wildman–Crippen LogP) is 14.6. The zero-order valence-electron chi connectivity index (χ0n) is 54.1. The molecule has 13 aromatic rings. The van der Waals surface area contributed by atoms with Crippen LogP contribution in [-0.4, -0.2) is 18.7 Å². The van der Waals surface area contributed by atoms with E-state index in [-0.39, 0.29) is 88.0 Å². The van der Waals surface area contributed by atoms with E-state index in [9.17, 15) is 5.48 Å². The summed E-state index contributed by atoms with van der Waals surface area (Å²) in [5, 5.41) is 0.873. The summed E-state index contributed by atoms with van der Waals surface area (Å²) in [6, 6.07) is 25.9. The van der Waals surface area contributed by atoms with E-state index in [1.807, 2.05) is 47.9 Å². The van der Waals surface area contributed by atoms with Gasteiger partial charge in [0.2, 0.25) is 0 Å².